The lowest BCUT2D eigenvalue weighted by molar-refractivity contribution is 0.297. The molecule has 0 radical (unpaired) electrons. The molecule has 0 spiro atoms. The molecule has 0 aliphatic rings. The molecule has 66 valence electrons. The topological polar surface area (TPSA) is 32.6 Å². The lowest BCUT2D eigenvalue weighted by atomic mass is 9.75. The van der Waals surface area contributed by atoms with Crippen molar-refractivity contribution in [2.75, 3.05) is 0 Å². The van der Waals surface area contributed by atoms with Gasteiger partial charge in [-0.2, -0.15) is 0 Å². The van der Waals surface area contributed by atoms with Gasteiger partial charge in [0.2, 0.25) is 0 Å². The Morgan fingerprint density at radius 2 is 1.18 bits per heavy atom. The number of rotatable bonds is 0. The molecule has 0 aromatic rings. The van der Waals surface area contributed by atoms with E-state index in [1.165, 1.54) is 0 Å². The summed E-state index contributed by atoms with van der Waals surface area (Å²) in [6.07, 6.45) is 0. The molecule has 2 nitrogen and oxygen atoms in total. The molecule has 0 atom stereocenters. The van der Waals surface area contributed by atoms with Crippen molar-refractivity contribution in [2.24, 2.45) is 16.0 Å². The van der Waals surface area contributed by atoms with Crippen LogP contribution in [0, 0.1) is 10.8 Å². The minimum atomic E-state index is -0.0486. The third kappa shape index (κ3) is 2.91. The van der Waals surface area contributed by atoms with Crippen molar-refractivity contribution in [3.05, 3.63) is 0 Å². The molecule has 0 unspecified atom stereocenters. The Bertz CT molecular complexity index is 141. The van der Waals surface area contributed by atoms with E-state index in [2.05, 4.69) is 5.16 Å². The third-order valence-corrected chi connectivity index (χ3v) is 1.52. The van der Waals surface area contributed by atoms with Crippen LogP contribution in [0.5, 0.6) is 0 Å². The monoisotopic (exact) mass is 157 g/mol. The van der Waals surface area contributed by atoms with E-state index in [1.807, 2.05) is 41.5 Å². The van der Waals surface area contributed by atoms with Crippen LogP contribution in [0.15, 0.2) is 5.16 Å². The van der Waals surface area contributed by atoms with Crippen LogP contribution in [0.1, 0.15) is 41.5 Å². The summed E-state index contributed by atoms with van der Waals surface area (Å²) in [6.45, 7) is 12.3. The fourth-order valence-corrected chi connectivity index (χ4v) is 1.43. The quantitative estimate of drug-likeness (QED) is 0.327. The Morgan fingerprint density at radius 1 is 0.909 bits per heavy atom. The van der Waals surface area contributed by atoms with E-state index in [1.54, 1.807) is 0 Å². The Balaban J connectivity index is 4.74. The zero-order valence-corrected chi connectivity index (χ0v) is 8.39. The van der Waals surface area contributed by atoms with Crippen molar-refractivity contribution in [1.29, 1.82) is 0 Å². The van der Waals surface area contributed by atoms with Crippen molar-refractivity contribution < 1.29 is 5.21 Å². The number of hydrogen-bond acceptors (Lipinski definition) is 2. The van der Waals surface area contributed by atoms with Gasteiger partial charge in [0.15, 0.2) is 0 Å². The molecule has 0 saturated heterocycles. The lowest BCUT2D eigenvalue weighted by Crippen LogP contribution is -2.32. The van der Waals surface area contributed by atoms with Crippen LogP contribution in [0.4, 0.5) is 0 Å². The summed E-state index contributed by atoms with van der Waals surface area (Å²) >= 11 is 0. The van der Waals surface area contributed by atoms with Gasteiger partial charge in [-0.15, -0.1) is 0 Å². The van der Waals surface area contributed by atoms with E-state index in [4.69, 9.17) is 5.21 Å². The summed E-state index contributed by atoms with van der Waals surface area (Å²) < 4.78 is 0. The van der Waals surface area contributed by atoms with Crippen molar-refractivity contribution >= 4 is 5.71 Å². The SMILES string of the molecule is CC(C)(C)C(=NO)C(C)(C)C. The van der Waals surface area contributed by atoms with Crippen LogP contribution in [-0.4, -0.2) is 10.9 Å². The normalized spacial score (nSPS) is 12.9. The van der Waals surface area contributed by atoms with Crippen LogP contribution in [-0.2, 0) is 0 Å². The smallest absolute Gasteiger partial charge is 0.0677 e. The first-order valence-electron chi connectivity index (χ1n) is 3.92. The molecule has 1 N–H and O–H groups in total. The Hall–Kier alpha value is -0.530. The summed E-state index contributed by atoms with van der Waals surface area (Å²) in [5, 5.41) is 12.1. The highest BCUT2D eigenvalue weighted by Crippen LogP contribution is 2.29. The van der Waals surface area contributed by atoms with Crippen LogP contribution in [0.2, 0.25) is 0 Å². The molecule has 11 heavy (non-hydrogen) atoms. The maximum atomic E-state index is 8.79. The van der Waals surface area contributed by atoms with Gasteiger partial charge in [0, 0.05) is 10.8 Å². The van der Waals surface area contributed by atoms with Gasteiger partial charge in [-0.1, -0.05) is 46.7 Å². The van der Waals surface area contributed by atoms with Gasteiger partial charge >= 0.3 is 0 Å². The Morgan fingerprint density at radius 3 is 1.18 bits per heavy atom. The largest absolute Gasteiger partial charge is 0.411 e. The maximum Gasteiger partial charge on any atom is 0.0677 e. The van der Waals surface area contributed by atoms with Crippen molar-refractivity contribution in [3.8, 4) is 0 Å². The average molecular weight is 157 g/mol. The number of oxime groups is 1. The van der Waals surface area contributed by atoms with Gasteiger partial charge in [0.25, 0.3) is 0 Å². The molecular formula is C9H19NO. The number of nitrogens with zero attached hydrogens (tertiary/aromatic N) is 1. The molecule has 0 saturated carbocycles. The molecule has 0 amide bonds. The van der Waals surface area contributed by atoms with Crippen LogP contribution < -0.4 is 0 Å². The van der Waals surface area contributed by atoms with Gasteiger partial charge in [0.1, 0.15) is 0 Å². The molecule has 2 heteroatoms. The highest BCUT2D eigenvalue weighted by atomic mass is 16.4. The second-order valence-corrected chi connectivity index (χ2v) is 4.95. The molecule has 0 fully saturated rings. The highest BCUT2D eigenvalue weighted by molar-refractivity contribution is 5.93. The summed E-state index contributed by atoms with van der Waals surface area (Å²) in [5.74, 6) is 0. The van der Waals surface area contributed by atoms with E-state index in [-0.39, 0.29) is 10.8 Å². The molecule has 0 bridgehead atoms. The minimum Gasteiger partial charge on any atom is -0.411 e. The van der Waals surface area contributed by atoms with E-state index >= 15 is 0 Å². The second-order valence-electron chi connectivity index (χ2n) is 4.95. The van der Waals surface area contributed by atoms with Gasteiger partial charge < -0.3 is 5.21 Å². The first-order valence-corrected chi connectivity index (χ1v) is 3.92. The minimum absolute atomic E-state index is 0.0486. The highest BCUT2D eigenvalue weighted by Gasteiger charge is 2.30. The predicted molar refractivity (Wildman–Crippen MR) is 48.1 cm³/mol. The molecular weight excluding hydrogens is 138 g/mol. The van der Waals surface area contributed by atoms with Gasteiger partial charge in [0.05, 0.1) is 5.71 Å². The van der Waals surface area contributed by atoms with Crippen molar-refractivity contribution in [1.82, 2.24) is 0 Å². The molecule has 0 aromatic carbocycles. The van der Waals surface area contributed by atoms with E-state index in [9.17, 15) is 0 Å². The molecule has 0 rings (SSSR count). The average Bonchev–Trinajstić information content (AvgIpc) is 1.56. The molecule has 0 aromatic heterocycles. The summed E-state index contributed by atoms with van der Waals surface area (Å²) in [6, 6.07) is 0. The second kappa shape index (κ2) is 2.84. The van der Waals surface area contributed by atoms with Gasteiger partial charge in [-0.05, 0) is 0 Å². The van der Waals surface area contributed by atoms with Gasteiger partial charge in [-0.3, -0.25) is 0 Å². The Kier molecular flexibility index (Phi) is 2.70. The Labute approximate surface area is 69.3 Å². The van der Waals surface area contributed by atoms with Crippen LogP contribution >= 0.6 is 0 Å². The number of hydrogen-bond donors (Lipinski definition) is 1. The first kappa shape index (κ1) is 10.5. The van der Waals surface area contributed by atoms with Crippen molar-refractivity contribution in [3.63, 3.8) is 0 Å². The summed E-state index contributed by atoms with van der Waals surface area (Å²) in [4.78, 5) is 0. The molecule has 0 aliphatic carbocycles. The lowest BCUT2D eigenvalue weighted by Gasteiger charge is -2.30. The maximum absolute atomic E-state index is 8.79. The zero-order valence-electron chi connectivity index (χ0n) is 8.39. The fraction of sp³-hybridized carbons (Fsp3) is 0.889. The van der Waals surface area contributed by atoms with E-state index in [0.29, 0.717) is 0 Å². The fourth-order valence-electron chi connectivity index (χ4n) is 1.43. The van der Waals surface area contributed by atoms with E-state index < -0.39 is 0 Å². The predicted octanol–water partition coefficient (Wildman–Crippen LogP) is 2.91. The standard InChI is InChI=1S/C9H19NO/c1-8(2,3)7(10-11)9(4,5)6/h11H,1-6H3. The summed E-state index contributed by atoms with van der Waals surface area (Å²) in [5.41, 5.74) is 0.741. The van der Waals surface area contributed by atoms with Crippen LogP contribution in [0.3, 0.4) is 0 Å². The third-order valence-electron chi connectivity index (χ3n) is 1.52. The first-order chi connectivity index (χ1) is 4.69. The van der Waals surface area contributed by atoms with Crippen LogP contribution in [0.25, 0.3) is 0 Å². The zero-order chi connectivity index (χ0) is 9.28. The molecule has 0 aliphatic heterocycles. The summed E-state index contributed by atoms with van der Waals surface area (Å²) in [7, 11) is 0. The van der Waals surface area contributed by atoms with E-state index in [0.717, 1.165) is 5.71 Å². The van der Waals surface area contributed by atoms with Gasteiger partial charge in [-0.25, -0.2) is 0 Å². The molecule has 0 heterocycles. The van der Waals surface area contributed by atoms with Crippen molar-refractivity contribution in [2.45, 2.75) is 41.5 Å².